The fraction of sp³-hybridized carbons (Fsp3) is 0.409. The van der Waals surface area contributed by atoms with E-state index in [0.717, 1.165) is 16.7 Å². The number of carbonyl (C=O) groups is 1. The molecule has 0 aliphatic heterocycles. The lowest BCUT2D eigenvalue weighted by Gasteiger charge is -2.20. The molecule has 2 rings (SSSR count). The number of carbonyl (C=O) groups excluding carboxylic acids is 1. The van der Waals surface area contributed by atoms with Gasteiger partial charge in [-0.1, -0.05) is 57.2 Å². The molecule has 0 saturated heterocycles. The minimum absolute atomic E-state index is 0.237. The van der Waals surface area contributed by atoms with Gasteiger partial charge < -0.3 is 9.64 Å². The lowest BCUT2D eigenvalue weighted by atomic mass is 10.0. The zero-order valence-corrected chi connectivity index (χ0v) is 17.7. The van der Waals surface area contributed by atoms with Crippen LogP contribution in [0.1, 0.15) is 37.5 Å². The van der Waals surface area contributed by atoms with Crippen LogP contribution in [0.3, 0.4) is 0 Å². The molecule has 2 aromatic rings. The molecule has 1 atom stereocenters. The molecule has 0 radical (unpaired) electrons. The van der Waals surface area contributed by atoms with Gasteiger partial charge in [0.2, 0.25) is 5.91 Å². The molecule has 1 unspecified atom stereocenters. The Morgan fingerprint density at radius 2 is 1.50 bits per heavy atom. The summed E-state index contributed by atoms with van der Waals surface area (Å²) in [6.45, 7) is 6.88. The smallest absolute Gasteiger partial charge is 0.406 e. The van der Waals surface area contributed by atoms with Crippen molar-refractivity contribution in [1.82, 2.24) is 10.4 Å². The highest BCUT2D eigenvalue weighted by molar-refractivity contribution is 5.77. The first-order chi connectivity index (χ1) is 14.2. The zero-order chi connectivity index (χ0) is 22.7. The molecular formula is C22H29F3N2O3. The van der Waals surface area contributed by atoms with Gasteiger partial charge in [-0.3, -0.25) is 10.0 Å². The maximum absolute atomic E-state index is 12.2. The summed E-state index contributed by atoms with van der Waals surface area (Å²) in [4.78, 5) is 13.3. The minimum atomic E-state index is -4.69. The van der Waals surface area contributed by atoms with Crippen LogP contribution in [0.2, 0.25) is 0 Å². The van der Waals surface area contributed by atoms with E-state index in [4.69, 9.17) is 5.21 Å². The van der Waals surface area contributed by atoms with Gasteiger partial charge in [0.25, 0.3) is 0 Å². The molecule has 0 saturated carbocycles. The molecule has 2 N–H and O–H groups in total. The van der Waals surface area contributed by atoms with Crippen molar-refractivity contribution in [2.75, 3.05) is 13.6 Å². The van der Waals surface area contributed by atoms with E-state index in [0.29, 0.717) is 19.5 Å². The quantitative estimate of drug-likeness (QED) is 0.471. The van der Waals surface area contributed by atoms with E-state index < -0.39 is 12.3 Å². The van der Waals surface area contributed by atoms with Crippen molar-refractivity contribution in [2.45, 2.75) is 40.1 Å². The van der Waals surface area contributed by atoms with Gasteiger partial charge in [-0.25, -0.2) is 5.48 Å². The number of halogens is 3. The van der Waals surface area contributed by atoms with Gasteiger partial charge in [-0.2, -0.15) is 0 Å². The van der Waals surface area contributed by atoms with E-state index in [1.54, 1.807) is 24.5 Å². The third-order valence-corrected chi connectivity index (χ3v) is 4.18. The number of nitrogens with zero attached hydrogens (tertiary/aromatic N) is 1. The molecule has 5 nitrogen and oxygen atoms in total. The Balaban J connectivity index is 0.00000218. The lowest BCUT2D eigenvalue weighted by Crippen LogP contribution is -2.34. The van der Waals surface area contributed by atoms with E-state index in [1.165, 1.54) is 12.1 Å². The van der Waals surface area contributed by atoms with E-state index in [1.807, 2.05) is 50.1 Å². The molecule has 0 spiro atoms. The SMILES string of the molecule is CC.CC(CN(C)Cc1ccc(Cc2ccc(OC(F)(F)F)cc2)cc1)C(=O)NO. The number of hydroxylamine groups is 1. The topological polar surface area (TPSA) is 61.8 Å². The molecule has 8 heteroatoms. The summed E-state index contributed by atoms with van der Waals surface area (Å²) in [6, 6.07) is 13.7. The average Bonchev–Trinajstić information content (AvgIpc) is 2.70. The van der Waals surface area contributed by atoms with Crippen molar-refractivity contribution < 1.29 is 27.9 Å². The molecule has 1 amide bonds. The molecule has 0 aliphatic carbocycles. The van der Waals surface area contributed by atoms with E-state index in [9.17, 15) is 18.0 Å². The second-order valence-corrected chi connectivity index (χ2v) is 6.76. The Morgan fingerprint density at radius 1 is 1.03 bits per heavy atom. The van der Waals surface area contributed by atoms with Crippen LogP contribution in [0.4, 0.5) is 13.2 Å². The Bertz CT molecular complexity index is 763. The molecule has 30 heavy (non-hydrogen) atoms. The Morgan fingerprint density at radius 3 is 1.97 bits per heavy atom. The number of hydrogen-bond acceptors (Lipinski definition) is 4. The van der Waals surface area contributed by atoms with Gasteiger partial charge in [0.15, 0.2) is 0 Å². The van der Waals surface area contributed by atoms with E-state index >= 15 is 0 Å². The summed E-state index contributed by atoms with van der Waals surface area (Å²) in [5.41, 5.74) is 4.63. The van der Waals surface area contributed by atoms with E-state index in [-0.39, 0.29) is 11.7 Å². The predicted molar refractivity (Wildman–Crippen MR) is 109 cm³/mol. The van der Waals surface area contributed by atoms with Crippen LogP contribution < -0.4 is 10.2 Å². The highest BCUT2D eigenvalue weighted by atomic mass is 19.4. The molecule has 0 fully saturated rings. The monoisotopic (exact) mass is 426 g/mol. The summed E-state index contributed by atoms with van der Waals surface area (Å²) >= 11 is 0. The fourth-order valence-electron chi connectivity index (χ4n) is 2.84. The number of hydrogen-bond donors (Lipinski definition) is 2. The first-order valence-electron chi connectivity index (χ1n) is 9.71. The van der Waals surface area contributed by atoms with Crippen LogP contribution in [0, 0.1) is 5.92 Å². The number of rotatable bonds is 8. The number of ether oxygens (including phenoxy) is 1. The Kier molecular flexibility index (Phi) is 10.3. The van der Waals surface area contributed by atoms with Crippen LogP contribution >= 0.6 is 0 Å². The van der Waals surface area contributed by atoms with Crippen molar-refractivity contribution >= 4 is 5.91 Å². The zero-order valence-electron chi connectivity index (χ0n) is 17.7. The third kappa shape index (κ3) is 9.28. The number of alkyl halides is 3. The maximum Gasteiger partial charge on any atom is 0.573 e. The van der Waals surface area contributed by atoms with Crippen molar-refractivity contribution in [3.8, 4) is 5.75 Å². The molecule has 0 aromatic heterocycles. The molecule has 0 aliphatic rings. The number of nitrogens with one attached hydrogen (secondary N) is 1. The second-order valence-electron chi connectivity index (χ2n) is 6.76. The van der Waals surface area contributed by atoms with Crippen LogP contribution in [-0.2, 0) is 17.8 Å². The van der Waals surface area contributed by atoms with Gasteiger partial charge in [-0.15, -0.1) is 13.2 Å². The highest BCUT2D eigenvalue weighted by Crippen LogP contribution is 2.23. The largest absolute Gasteiger partial charge is 0.573 e. The first-order valence-corrected chi connectivity index (χ1v) is 9.71. The standard InChI is InChI=1S/C20H23F3N2O3.C2H6/c1-14(19(26)24-27)12-25(2)13-17-5-3-15(4-6-17)11-16-7-9-18(10-8-16)28-20(21,22)23;1-2/h3-10,14,27H,11-13H2,1-2H3,(H,24,26);1-2H3. The highest BCUT2D eigenvalue weighted by Gasteiger charge is 2.30. The summed E-state index contributed by atoms with van der Waals surface area (Å²) in [7, 11) is 1.89. The van der Waals surface area contributed by atoms with Gasteiger partial charge in [0.05, 0.1) is 0 Å². The third-order valence-electron chi connectivity index (χ3n) is 4.18. The van der Waals surface area contributed by atoms with Gasteiger partial charge in [0.1, 0.15) is 5.75 Å². The number of benzene rings is 2. The van der Waals surface area contributed by atoms with Gasteiger partial charge in [0, 0.05) is 19.0 Å². The summed E-state index contributed by atoms with van der Waals surface area (Å²) < 4.78 is 40.4. The average molecular weight is 426 g/mol. The van der Waals surface area contributed by atoms with Crippen LogP contribution in [0.25, 0.3) is 0 Å². The second kappa shape index (κ2) is 12.2. The van der Waals surface area contributed by atoms with Crippen molar-refractivity contribution in [3.63, 3.8) is 0 Å². The summed E-state index contributed by atoms with van der Waals surface area (Å²) in [5, 5.41) is 8.65. The minimum Gasteiger partial charge on any atom is -0.406 e. The lowest BCUT2D eigenvalue weighted by molar-refractivity contribution is -0.274. The van der Waals surface area contributed by atoms with E-state index in [2.05, 4.69) is 4.74 Å². The van der Waals surface area contributed by atoms with Crippen molar-refractivity contribution in [3.05, 3.63) is 65.2 Å². The van der Waals surface area contributed by atoms with Crippen LogP contribution in [0.15, 0.2) is 48.5 Å². The molecule has 0 heterocycles. The maximum atomic E-state index is 12.2. The summed E-state index contributed by atoms with van der Waals surface area (Å²) in [5.74, 6) is -0.994. The van der Waals surface area contributed by atoms with Gasteiger partial charge >= 0.3 is 6.36 Å². The predicted octanol–water partition coefficient (Wildman–Crippen LogP) is 4.78. The van der Waals surface area contributed by atoms with Crippen molar-refractivity contribution in [2.24, 2.45) is 5.92 Å². The number of amides is 1. The molecule has 0 bridgehead atoms. The molecule has 2 aromatic carbocycles. The Labute approximate surface area is 175 Å². The molecular weight excluding hydrogens is 397 g/mol. The molecule has 166 valence electrons. The Hall–Kier alpha value is -2.58. The van der Waals surface area contributed by atoms with Crippen molar-refractivity contribution in [1.29, 1.82) is 0 Å². The fourth-order valence-corrected chi connectivity index (χ4v) is 2.84. The first kappa shape index (κ1) is 25.5. The van der Waals surface area contributed by atoms with Crippen LogP contribution in [0.5, 0.6) is 5.75 Å². The van der Waals surface area contributed by atoms with Gasteiger partial charge in [-0.05, 0) is 42.3 Å². The summed E-state index contributed by atoms with van der Waals surface area (Å²) in [6.07, 6.45) is -4.10. The normalized spacial score (nSPS) is 12.0. The van der Waals surface area contributed by atoms with Crippen LogP contribution in [-0.4, -0.2) is 36.0 Å².